The van der Waals surface area contributed by atoms with Crippen molar-refractivity contribution in [3.05, 3.63) is 51.8 Å². The zero-order chi connectivity index (χ0) is 25.8. The Labute approximate surface area is 272 Å². The number of aliphatic carboxylic acids is 2. The summed E-state index contributed by atoms with van der Waals surface area (Å²) in [5.74, 6) is -3.76. The van der Waals surface area contributed by atoms with Crippen LogP contribution in [0.3, 0.4) is 0 Å². The van der Waals surface area contributed by atoms with E-state index in [1.807, 2.05) is 12.1 Å². The molecule has 0 aromatic carbocycles. The Morgan fingerprint density at radius 2 is 2.08 bits per heavy atom. The van der Waals surface area contributed by atoms with Gasteiger partial charge in [-0.15, -0.1) is 34.9 Å². The maximum absolute atomic E-state index is 12.9. The first-order chi connectivity index (χ1) is 17.3. The number of β-lactam (4-membered cyclic amide) rings is 1. The second-order valence-corrected chi connectivity index (χ2v) is 10.2. The summed E-state index contributed by atoms with van der Waals surface area (Å²) in [4.78, 5) is 53.8. The van der Waals surface area contributed by atoms with E-state index in [4.69, 9.17) is 5.73 Å². The maximum atomic E-state index is 12.9. The number of nitrogen functional groups attached to an aromatic ring is 1. The molecular formula is C20H16N6Na2O7S3. The molecule has 0 aliphatic carbocycles. The fourth-order valence-corrected chi connectivity index (χ4v) is 6.32. The van der Waals surface area contributed by atoms with Crippen molar-refractivity contribution in [1.82, 2.24) is 14.9 Å². The predicted molar refractivity (Wildman–Crippen MR) is 129 cm³/mol. The molecule has 18 heteroatoms. The third kappa shape index (κ3) is 7.51. The number of oxime groups is 1. The van der Waals surface area contributed by atoms with Crippen molar-refractivity contribution in [3.8, 4) is 0 Å². The molecule has 2 aromatic heterocycles. The van der Waals surface area contributed by atoms with Crippen LogP contribution in [0.5, 0.6) is 0 Å². The Morgan fingerprint density at radius 1 is 1.32 bits per heavy atom. The van der Waals surface area contributed by atoms with E-state index in [1.165, 1.54) is 28.9 Å². The number of hydrogen-bond donors (Lipinski definition) is 2. The SMILES string of the molecule is Nc1nc(/C(=N\OCC(=O)[O-])C([O-])=N[C@@H]2C(=O)N3C(C(=O)O)=C(SCc4ccccn4)CS[C@H]23)cs1.[Na+].[Na+]. The van der Waals surface area contributed by atoms with E-state index in [0.717, 1.165) is 21.9 Å². The quantitative estimate of drug-likeness (QED) is 0.0865. The van der Waals surface area contributed by atoms with Gasteiger partial charge in [-0.2, -0.15) is 0 Å². The molecule has 0 radical (unpaired) electrons. The molecule has 1 saturated heterocycles. The Kier molecular flexibility index (Phi) is 12.6. The summed E-state index contributed by atoms with van der Waals surface area (Å²) in [7, 11) is 0. The summed E-state index contributed by atoms with van der Waals surface area (Å²) in [6, 6.07) is 4.25. The Hall–Kier alpha value is -1.63. The summed E-state index contributed by atoms with van der Waals surface area (Å²) in [5, 5.41) is 37.6. The van der Waals surface area contributed by atoms with Crippen molar-refractivity contribution in [2.75, 3.05) is 18.1 Å². The van der Waals surface area contributed by atoms with E-state index < -0.39 is 47.5 Å². The van der Waals surface area contributed by atoms with Crippen molar-refractivity contribution < 1.29 is 93.7 Å². The van der Waals surface area contributed by atoms with Gasteiger partial charge in [0.05, 0.1) is 11.7 Å². The minimum atomic E-state index is -1.56. The topological polar surface area (TPSA) is 207 Å². The number of nitrogens with zero attached hydrogens (tertiary/aromatic N) is 5. The number of carboxylic acids is 2. The number of carboxylic acid groups (broad SMARTS) is 2. The van der Waals surface area contributed by atoms with Crippen molar-refractivity contribution in [3.63, 3.8) is 0 Å². The van der Waals surface area contributed by atoms with Crippen LogP contribution in [0.25, 0.3) is 0 Å². The van der Waals surface area contributed by atoms with Crippen LogP contribution in [0.4, 0.5) is 5.13 Å². The van der Waals surface area contributed by atoms with Gasteiger partial charge in [0.15, 0.2) is 17.8 Å². The molecule has 4 heterocycles. The van der Waals surface area contributed by atoms with Gasteiger partial charge in [0.1, 0.15) is 22.5 Å². The van der Waals surface area contributed by atoms with Crippen LogP contribution in [0, 0.1) is 0 Å². The van der Waals surface area contributed by atoms with Gasteiger partial charge in [0, 0.05) is 33.9 Å². The first-order valence-corrected chi connectivity index (χ1v) is 13.0. The fourth-order valence-electron chi connectivity index (χ4n) is 3.24. The number of anilines is 1. The van der Waals surface area contributed by atoms with Crippen molar-refractivity contribution in [2.45, 2.75) is 17.2 Å². The van der Waals surface area contributed by atoms with Crippen LogP contribution >= 0.6 is 34.9 Å². The number of nitrogens with two attached hydrogens (primary N) is 1. The molecule has 1 amide bonds. The number of amides is 1. The molecule has 0 bridgehead atoms. The van der Waals surface area contributed by atoms with Crippen LogP contribution in [0.15, 0.2) is 50.5 Å². The molecule has 4 rings (SSSR count). The number of thioether (sulfide) groups is 2. The number of rotatable bonds is 10. The van der Waals surface area contributed by atoms with Crippen molar-refractivity contribution in [2.24, 2.45) is 10.1 Å². The number of hydrogen-bond acceptors (Lipinski definition) is 14. The van der Waals surface area contributed by atoms with E-state index in [1.54, 1.807) is 12.3 Å². The van der Waals surface area contributed by atoms with Gasteiger partial charge in [0.2, 0.25) is 0 Å². The molecule has 3 N–H and O–H groups in total. The Balaban J connectivity index is 0.00000253. The smallest absolute Gasteiger partial charge is 0.857 e. The average molecular weight is 595 g/mol. The molecule has 0 unspecified atom stereocenters. The third-order valence-corrected chi connectivity index (χ3v) is 8.04. The van der Waals surface area contributed by atoms with Gasteiger partial charge in [-0.05, 0) is 12.1 Å². The second-order valence-electron chi connectivity index (χ2n) is 7.13. The zero-order valence-electron chi connectivity index (χ0n) is 20.1. The first kappa shape index (κ1) is 32.6. The molecule has 38 heavy (non-hydrogen) atoms. The molecule has 13 nitrogen and oxygen atoms in total. The van der Waals surface area contributed by atoms with E-state index in [0.29, 0.717) is 16.4 Å². The summed E-state index contributed by atoms with van der Waals surface area (Å²) < 4.78 is 0. The summed E-state index contributed by atoms with van der Waals surface area (Å²) in [6.45, 7) is -0.920. The molecule has 0 spiro atoms. The minimum Gasteiger partial charge on any atom is -0.857 e. The standard InChI is InChI=1S/C20H18N6O7S3.2Na/c21-20-23-10(7-36-20)13(25-33-5-12(27)28)16(29)24-14-17(30)26-15(19(31)32)11(8-35-18(14)26)34-6-9-3-1-2-4-22-9;;/h1-4,7,14,18H,5-6,8H2,(H2,21,23)(H,24,29)(H,27,28)(H,31,32);;/q;2*+1/p-2/b25-13+;;/t14-,18-;;/m1../s1. The van der Waals surface area contributed by atoms with Crippen LogP contribution in [-0.4, -0.2) is 73.2 Å². The van der Waals surface area contributed by atoms with Gasteiger partial charge in [-0.1, -0.05) is 11.2 Å². The molecule has 1 fully saturated rings. The summed E-state index contributed by atoms with van der Waals surface area (Å²) in [5.41, 5.74) is 5.75. The maximum Gasteiger partial charge on any atom is 1.00 e. The zero-order valence-corrected chi connectivity index (χ0v) is 26.5. The number of fused-ring (bicyclic) bond motifs is 1. The molecule has 2 aromatic rings. The number of pyridine rings is 1. The average Bonchev–Trinajstić information content (AvgIpc) is 3.29. The Morgan fingerprint density at radius 3 is 2.68 bits per heavy atom. The van der Waals surface area contributed by atoms with E-state index >= 15 is 0 Å². The van der Waals surface area contributed by atoms with Crippen molar-refractivity contribution >= 4 is 69.4 Å². The molecule has 2 aliphatic rings. The van der Waals surface area contributed by atoms with Crippen LogP contribution in [0.2, 0.25) is 0 Å². The van der Waals surface area contributed by atoms with Gasteiger partial charge in [-0.3, -0.25) is 19.7 Å². The number of thiazole rings is 1. The number of aliphatic imine (C=N–C) groups is 1. The van der Waals surface area contributed by atoms with E-state index in [2.05, 4.69) is 25.0 Å². The normalized spacial score (nSPS) is 19.1. The fraction of sp³-hybridized carbons (Fsp3) is 0.250. The van der Waals surface area contributed by atoms with Gasteiger partial charge >= 0.3 is 65.1 Å². The molecular weight excluding hydrogens is 578 g/mol. The second kappa shape index (κ2) is 14.7. The number of aromatic nitrogens is 2. The molecule has 2 aliphatic heterocycles. The monoisotopic (exact) mass is 594 g/mol. The number of carbonyl (C=O) groups is 3. The van der Waals surface area contributed by atoms with Crippen LogP contribution in [0.1, 0.15) is 11.4 Å². The summed E-state index contributed by atoms with van der Waals surface area (Å²) in [6.07, 6.45) is 1.64. The Bertz CT molecular complexity index is 1290. The molecule has 2 atom stereocenters. The van der Waals surface area contributed by atoms with Crippen LogP contribution in [-0.2, 0) is 25.0 Å². The van der Waals surface area contributed by atoms with Gasteiger partial charge in [0.25, 0.3) is 5.91 Å². The van der Waals surface area contributed by atoms with Gasteiger partial charge in [-0.25, -0.2) is 9.78 Å². The van der Waals surface area contributed by atoms with Crippen molar-refractivity contribution in [1.29, 1.82) is 0 Å². The largest absolute Gasteiger partial charge is 1.00 e. The molecule has 188 valence electrons. The van der Waals surface area contributed by atoms with E-state index in [9.17, 15) is 29.7 Å². The van der Waals surface area contributed by atoms with E-state index in [-0.39, 0.29) is 75.6 Å². The summed E-state index contributed by atoms with van der Waals surface area (Å²) >= 11 is 3.55. The van der Waals surface area contributed by atoms with Crippen LogP contribution < -0.4 is 75.1 Å². The molecule has 0 saturated carbocycles. The number of carbonyl (C=O) groups excluding carboxylic acids is 2. The third-order valence-electron chi connectivity index (χ3n) is 4.79. The van der Waals surface area contributed by atoms with Gasteiger partial charge < -0.3 is 30.7 Å². The predicted octanol–water partition coefficient (Wildman–Crippen LogP) is -7.13. The minimum absolute atomic E-state index is 0. The first-order valence-electron chi connectivity index (χ1n) is 10.1.